The summed E-state index contributed by atoms with van der Waals surface area (Å²) in [5, 5.41) is 6.45. The van der Waals surface area contributed by atoms with Crippen LogP contribution in [0.5, 0.6) is 0 Å². The Bertz CT molecular complexity index is 744. The van der Waals surface area contributed by atoms with Gasteiger partial charge in [0.2, 0.25) is 0 Å². The van der Waals surface area contributed by atoms with E-state index in [1.807, 2.05) is 58.0 Å². The molecule has 0 saturated heterocycles. The van der Waals surface area contributed by atoms with Crippen molar-refractivity contribution in [2.75, 3.05) is 12.8 Å². The van der Waals surface area contributed by atoms with Gasteiger partial charge >= 0.3 is 0 Å². The first-order valence-corrected chi connectivity index (χ1v) is 9.60. The van der Waals surface area contributed by atoms with Crippen molar-refractivity contribution in [3.05, 3.63) is 41.5 Å². The molecule has 2 N–H and O–H groups in total. The number of nitrogens with one attached hydrogen (secondary N) is 2. The van der Waals surface area contributed by atoms with Gasteiger partial charge in [-0.25, -0.2) is 4.18 Å². The van der Waals surface area contributed by atoms with Crippen molar-refractivity contribution in [3.63, 3.8) is 0 Å². The normalized spacial score (nSPS) is 19.0. The predicted octanol–water partition coefficient (Wildman–Crippen LogP) is 2.03. The van der Waals surface area contributed by atoms with Crippen LogP contribution in [0.15, 0.2) is 35.3 Å². The molecular weight excluding hydrogens is 326 g/mol. The van der Waals surface area contributed by atoms with Gasteiger partial charge in [0.1, 0.15) is 5.84 Å². The molecule has 0 amide bonds. The Morgan fingerprint density at radius 3 is 2.42 bits per heavy atom. The Morgan fingerprint density at radius 2 is 1.88 bits per heavy atom. The third kappa shape index (κ3) is 5.98. The highest BCUT2D eigenvalue weighted by Gasteiger charge is 2.21. The Labute approximate surface area is 144 Å². The van der Waals surface area contributed by atoms with Crippen LogP contribution in [-0.2, 0) is 14.3 Å². The van der Waals surface area contributed by atoms with Gasteiger partial charge in [-0.3, -0.25) is 4.99 Å². The minimum Gasteiger partial charge on any atom is -0.366 e. The van der Waals surface area contributed by atoms with E-state index in [0.717, 1.165) is 23.1 Å². The second-order valence-corrected chi connectivity index (χ2v) is 8.56. The monoisotopic (exact) mass is 351 g/mol. The van der Waals surface area contributed by atoms with Crippen molar-refractivity contribution in [2.24, 2.45) is 4.99 Å². The molecule has 1 aromatic carbocycles. The SMILES string of the molecule is Cc1ccc(C2=CC(NC(C)(C)C)=NCC(OS(C)(=O)=O)N2)cc1. The molecule has 7 heteroatoms. The lowest BCUT2D eigenvalue weighted by Crippen LogP contribution is -2.40. The predicted molar refractivity (Wildman–Crippen MR) is 97.2 cm³/mol. The lowest BCUT2D eigenvalue weighted by molar-refractivity contribution is 0.203. The highest BCUT2D eigenvalue weighted by atomic mass is 32.2. The first-order chi connectivity index (χ1) is 11.0. The molecule has 1 aliphatic heterocycles. The Kier molecular flexibility index (Phi) is 5.35. The van der Waals surface area contributed by atoms with Gasteiger partial charge in [-0.15, -0.1) is 0 Å². The van der Waals surface area contributed by atoms with Crippen LogP contribution in [-0.4, -0.2) is 38.8 Å². The standard InChI is InChI=1S/C17H25N3O3S/c1-12-6-8-13(9-7-12)14-10-15(20-17(2,3)4)18-11-16(19-14)23-24(5,21)22/h6-10,16,19H,11H2,1-5H3,(H,18,20). The van der Waals surface area contributed by atoms with Crippen LogP contribution in [0.25, 0.3) is 5.70 Å². The summed E-state index contributed by atoms with van der Waals surface area (Å²) < 4.78 is 28.0. The first kappa shape index (κ1) is 18.5. The van der Waals surface area contributed by atoms with Crippen molar-refractivity contribution in [2.45, 2.75) is 39.5 Å². The maximum Gasteiger partial charge on any atom is 0.266 e. The van der Waals surface area contributed by atoms with Gasteiger partial charge in [0.05, 0.1) is 12.8 Å². The van der Waals surface area contributed by atoms with Gasteiger partial charge in [-0.05, 0) is 33.3 Å². The zero-order valence-electron chi connectivity index (χ0n) is 14.8. The Hall–Kier alpha value is -1.86. The molecule has 2 rings (SSSR count). The zero-order chi connectivity index (χ0) is 18.0. The summed E-state index contributed by atoms with van der Waals surface area (Å²) in [6.07, 6.45) is 2.17. The van der Waals surface area contributed by atoms with Crippen LogP contribution >= 0.6 is 0 Å². The molecule has 0 fully saturated rings. The number of benzene rings is 1. The molecular formula is C17H25N3O3S. The summed E-state index contributed by atoms with van der Waals surface area (Å²) >= 11 is 0. The maximum atomic E-state index is 11.5. The maximum absolute atomic E-state index is 11.5. The van der Waals surface area contributed by atoms with E-state index in [4.69, 9.17) is 4.18 Å². The average molecular weight is 351 g/mol. The van der Waals surface area contributed by atoms with E-state index < -0.39 is 16.3 Å². The number of aliphatic imine (C=N–C) groups is 1. The average Bonchev–Trinajstić information content (AvgIpc) is 2.59. The van der Waals surface area contributed by atoms with Gasteiger partial charge in [-0.1, -0.05) is 29.8 Å². The van der Waals surface area contributed by atoms with Crippen LogP contribution in [0.2, 0.25) is 0 Å². The minimum atomic E-state index is -3.58. The summed E-state index contributed by atoms with van der Waals surface area (Å²) in [5.41, 5.74) is 2.69. The molecule has 0 saturated carbocycles. The fourth-order valence-corrected chi connectivity index (χ4v) is 2.78. The van der Waals surface area contributed by atoms with E-state index in [0.29, 0.717) is 5.84 Å². The van der Waals surface area contributed by atoms with Crippen molar-refractivity contribution in [3.8, 4) is 0 Å². The smallest absolute Gasteiger partial charge is 0.266 e. The van der Waals surface area contributed by atoms with Crippen LogP contribution in [0, 0.1) is 6.92 Å². The molecule has 132 valence electrons. The fraction of sp³-hybridized carbons (Fsp3) is 0.471. The summed E-state index contributed by atoms with van der Waals surface area (Å²) in [7, 11) is -3.58. The van der Waals surface area contributed by atoms with Crippen LogP contribution in [0.4, 0.5) is 0 Å². The molecule has 1 unspecified atom stereocenters. The molecule has 1 aromatic rings. The van der Waals surface area contributed by atoms with Gasteiger partial charge in [0.25, 0.3) is 10.1 Å². The topological polar surface area (TPSA) is 79.8 Å². The van der Waals surface area contributed by atoms with Gasteiger partial charge in [0.15, 0.2) is 6.23 Å². The zero-order valence-corrected chi connectivity index (χ0v) is 15.6. The van der Waals surface area contributed by atoms with Crippen LogP contribution in [0.3, 0.4) is 0 Å². The van der Waals surface area contributed by atoms with E-state index in [9.17, 15) is 8.42 Å². The summed E-state index contributed by atoms with van der Waals surface area (Å²) in [5.74, 6) is 0.685. The van der Waals surface area contributed by atoms with Gasteiger partial charge in [0, 0.05) is 17.3 Å². The second kappa shape index (κ2) is 6.94. The summed E-state index contributed by atoms with van der Waals surface area (Å²) in [6.45, 7) is 8.33. The van der Waals surface area contributed by atoms with E-state index >= 15 is 0 Å². The fourth-order valence-electron chi connectivity index (χ4n) is 2.25. The Balaban J connectivity index is 2.35. The molecule has 6 nitrogen and oxygen atoms in total. The van der Waals surface area contributed by atoms with Crippen molar-refractivity contribution in [1.29, 1.82) is 0 Å². The molecule has 1 atom stereocenters. The lowest BCUT2D eigenvalue weighted by Gasteiger charge is -2.22. The molecule has 0 spiro atoms. The van der Waals surface area contributed by atoms with E-state index in [1.165, 1.54) is 0 Å². The van der Waals surface area contributed by atoms with Crippen LogP contribution < -0.4 is 10.6 Å². The van der Waals surface area contributed by atoms with E-state index in [1.54, 1.807) is 0 Å². The molecule has 0 radical (unpaired) electrons. The largest absolute Gasteiger partial charge is 0.366 e. The number of hydrogen-bond acceptors (Lipinski definition) is 6. The number of nitrogens with zero attached hydrogens (tertiary/aromatic N) is 1. The molecule has 0 bridgehead atoms. The highest BCUT2D eigenvalue weighted by Crippen LogP contribution is 2.17. The van der Waals surface area contributed by atoms with Crippen molar-refractivity contribution < 1.29 is 12.6 Å². The van der Waals surface area contributed by atoms with Crippen molar-refractivity contribution in [1.82, 2.24) is 10.6 Å². The molecule has 1 aliphatic rings. The molecule has 0 aromatic heterocycles. The van der Waals surface area contributed by atoms with E-state index in [2.05, 4.69) is 15.6 Å². The minimum absolute atomic E-state index is 0.161. The van der Waals surface area contributed by atoms with Gasteiger partial charge < -0.3 is 10.6 Å². The third-order valence-corrected chi connectivity index (χ3v) is 3.76. The quantitative estimate of drug-likeness (QED) is 0.815. The lowest BCUT2D eigenvalue weighted by atomic mass is 10.1. The molecule has 24 heavy (non-hydrogen) atoms. The number of hydrogen-bond donors (Lipinski definition) is 2. The Morgan fingerprint density at radius 1 is 1.25 bits per heavy atom. The first-order valence-electron chi connectivity index (χ1n) is 7.78. The van der Waals surface area contributed by atoms with Gasteiger partial charge in [-0.2, -0.15) is 8.42 Å². The van der Waals surface area contributed by atoms with Crippen molar-refractivity contribution >= 4 is 21.7 Å². The third-order valence-electron chi connectivity index (χ3n) is 3.18. The van der Waals surface area contributed by atoms with Crippen LogP contribution in [0.1, 0.15) is 31.9 Å². The number of rotatable bonds is 3. The summed E-state index contributed by atoms with van der Waals surface area (Å²) in [6, 6.07) is 7.96. The number of amidine groups is 1. The summed E-state index contributed by atoms with van der Waals surface area (Å²) in [4.78, 5) is 4.44. The van der Waals surface area contributed by atoms with E-state index in [-0.39, 0.29) is 12.1 Å². The number of aryl methyl sites for hydroxylation is 1. The highest BCUT2D eigenvalue weighted by molar-refractivity contribution is 7.86. The molecule has 0 aliphatic carbocycles. The second-order valence-electron chi connectivity index (χ2n) is 6.96. The molecule has 1 heterocycles.